The van der Waals surface area contributed by atoms with Crippen LogP contribution in [0.5, 0.6) is 0 Å². The Hall–Kier alpha value is -12.5. The number of likely N-dealkylation sites (N-methyl/N-ethyl adjacent to an activating group) is 4. The highest BCUT2D eigenvalue weighted by Crippen LogP contribution is 2.37. The van der Waals surface area contributed by atoms with Gasteiger partial charge in [-0.2, -0.15) is 0 Å². The number of benzene rings is 3. The zero-order valence-electron chi connectivity index (χ0n) is 77.8. The molecule has 20 N–H and O–H groups in total. The Bertz CT molecular complexity index is 5210. The maximum Gasteiger partial charge on any atom is 0.246 e. The van der Waals surface area contributed by atoms with Crippen LogP contribution < -0.4 is 65.1 Å². The van der Waals surface area contributed by atoms with Crippen molar-refractivity contribution in [3.05, 3.63) is 124 Å². The van der Waals surface area contributed by atoms with E-state index in [1.807, 2.05) is 13.8 Å². The van der Waals surface area contributed by atoms with Crippen LogP contribution >= 0.6 is 35.0 Å². The number of aliphatic hydroxyl groups is 1. The molecule has 14 atom stereocenters. The first-order chi connectivity index (χ1) is 64.1. The number of hydrogen-bond acceptors (Lipinski definition) is 21. The maximum absolute atomic E-state index is 16.0. The van der Waals surface area contributed by atoms with E-state index >= 15 is 24.0 Å². The van der Waals surface area contributed by atoms with Crippen molar-refractivity contribution in [3.8, 4) is 0 Å². The van der Waals surface area contributed by atoms with E-state index in [1.165, 1.54) is 57.4 Å². The number of nitrogens with one attached hydrogen (secondary N) is 13. The van der Waals surface area contributed by atoms with Gasteiger partial charge in [-0.25, -0.2) is 4.98 Å². The summed E-state index contributed by atoms with van der Waals surface area (Å²) in [4.78, 5) is 269. The lowest BCUT2D eigenvalue weighted by atomic mass is 9.81. The van der Waals surface area contributed by atoms with Gasteiger partial charge >= 0.3 is 0 Å². The summed E-state index contributed by atoms with van der Waals surface area (Å²) in [5, 5.41) is 44.8. The lowest BCUT2D eigenvalue weighted by Gasteiger charge is -2.37. The number of aromatic nitrogens is 4. The van der Waals surface area contributed by atoms with E-state index in [4.69, 9.17) is 45.8 Å². The Morgan fingerprint density at radius 3 is 1.87 bits per heavy atom. The molecule has 0 spiro atoms. The number of aliphatic hydroxyl groups excluding tert-OH is 1. The summed E-state index contributed by atoms with van der Waals surface area (Å²) in [6.07, 6.45) is 5.03. The molecule has 1 unspecified atom stereocenters. The van der Waals surface area contributed by atoms with Crippen molar-refractivity contribution in [1.82, 2.24) is 92.3 Å². The molecule has 5 heterocycles. The minimum Gasteiger partial charge on any atom is -0.394 e. The van der Waals surface area contributed by atoms with Gasteiger partial charge in [-0.1, -0.05) is 114 Å². The number of unbranched alkanes of at least 4 members (excludes halogenated alkanes) is 2. The monoisotopic (exact) mass is 1930 g/mol. The van der Waals surface area contributed by atoms with Gasteiger partial charge in [-0.05, 0) is 123 Å². The number of fused-ring (bicyclic) bond motifs is 3. The molecule has 0 radical (unpaired) electrons. The smallest absolute Gasteiger partial charge is 0.246 e. The fraction of sp³-hybridized carbons (Fsp3) is 0.533. The molecule has 3 aromatic carbocycles. The minimum atomic E-state index is -1.76. The number of carbonyl (C=O) groups is 17. The molecule has 3 aromatic heterocycles. The molecule has 0 saturated carbocycles. The van der Waals surface area contributed by atoms with Crippen molar-refractivity contribution in [2.45, 2.75) is 223 Å². The molecule has 734 valence electrons. The van der Waals surface area contributed by atoms with Crippen LogP contribution in [-0.4, -0.2) is 295 Å². The number of aromatic amines is 3. The fourth-order valence-electron chi connectivity index (χ4n) is 16.7. The second-order valence-corrected chi connectivity index (χ2v) is 36.9. The molecule has 15 amide bonds. The van der Waals surface area contributed by atoms with Gasteiger partial charge in [-0.15, -0.1) is 11.8 Å². The summed E-state index contributed by atoms with van der Waals surface area (Å²) in [5.74, 6) is -20.1. The maximum atomic E-state index is 16.0. The van der Waals surface area contributed by atoms with Crippen molar-refractivity contribution in [3.63, 3.8) is 0 Å². The molecule has 8 rings (SSSR count). The van der Waals surface area contributed by atoms with E-state index in [1.54, 1.807) is 99.9 Å². The molecule has 2 aliphatic heterocycles. The lowest BCUT2D eigenvalue weighted by Crippen LogP contribution is -2.60. The van der Waals surface area contributed by atoms with E-state index in [2.05, 4.69) is 67.8 Å². The van der Waals surface area contributed by atoms with Crippen LogP contribution in [0.3, 0.4) is 0 Å². The summed E-state index contributed by atoms with van der Waals surface area (Å²) < 4.78 is 0. The van der Waals surface area contributed by atoms with Gasteiger partial charge in [0.15, 0.2) is 17.5 Å². The van der Waals surface area contributed by atoms with Crippen LogP contribution in [-0.2, 0) is 101 Å². The summed E-state index contributed by atoms with van der Waals surface area (Å²) in [5.41, 5.74) is 19.9. The molecular weight excluding hydrogens is 1800 g/mol. The largest absolute Gasteiger partial charge is 0.394 e. The molecule has 0 bridgehead atoms. The van der Waals surface area contributed by atoms with E-state index in [0.29, 0.717) is 79.9 Å². The van der Waals surface area contributed by atoms with Crippen LogP contribution in [0, 0.1) is 23.2 Å². The topological polar surface area (TPSA) is 597 Å². The number of nitrogens with two attached hydrogens (primary N) is 3. The predicted molar refractivity (Wildman–Crippen MR) is 507 cm³/mol. The second kappa shape index (κ2) is 51.8. The standard InChI is InChI=1S/C92H128Cl2N22O18S/c1-11-13-23-73-85(128)106-66(22-18-30-100-92(97)98)83(126)111-72(82(125)103-44-78(96)121)47-135-48-79(122)105-69(33-53-20-16-15-17-21-53)89(132)113(8)52(6)80(123)108-70(40-77(95)120)90(133)116-31-19-25-74(116)86(129)107-67(38-58-42-99-49-104-58)84(127)109-68(32-50(3)4)88(131)112(7)45-59(118)35-54(34-55-41-101-64-28-26-56(93)36-61(55)64)81(124)110-71(46-117)76(119)39-60(51(5)63-43-102-65-29-27-57(94)37-62(63)65)87(130)115(10)75(24-14-12-2)91(134)114(73)9/h15-17,20-21,26-29,36-37,41-43,49-52,54,60,66-75,101-102,117H,11-14,18-19,22-25,30-35,38-40,44-48H2,1-10H3,(H2,95,120)(H2,96,121)(H,99,104)(H,103,125)(H,105,122)(H,106,128)(H,107,129)(H,108,123)(H,109,127)(H,110,124)(H,111,126)(H4,97,98,100)/t51?,52-,54+,60-,66-,67-,68-,69-,70-,71-,72-,73-,74-,75-/m0/s1. The van der Waals surface area contributed by atoms with Gasteiger partial charge < -0.3 is 110 Å². The zero-order chi connectivity index (χ0) is 99.2. The Morgan fingerprint density at radius 2 is 1.23 bits per heavy atom. The summed E-state index contributed by atoms with van der Waals surface area (Å²) in [6, 6.07) is 1.99. The quantitative estimate of drug-likeness (QED) is 0.0209. The summed E-state index contributed by atoms with van der Waals surface area (Å²) in [7, 11) is 5.32. The Morgan fingerprint density at radius 1 is 0.607 bits per heavy atom. The first-order valence-corrected chi connectivity index (χ1v) is 47.2. The third-order valence-corrected chi connectivity index (χ3v) is 25.8. The average molecular weight is 1930 g/mol. The van der Waals surface area contributed by atoms with Crippen molar-refractivity contribution in [1.29, 1.82) is 5.41 Å². The third-order valence-electron chi connectivity index (χ3n) is 24.3. The fourth-order valence-corrected chi connectivity index (χ4v) is 17.9. The number of halogens is 2. The van der Waals surface area contributed by atoms with E-state index in [9.17, 15) is 62.6 Å². The van der Waals surface area contributed by atoms with Gasteiger partial charge in [-0.3, -0.25) is 86.9 Å². The van der Waals surface area contributed by atoms with E-state index < -0.39 is 241 Å². The number of Topliss-reactive ketones (excluding diaryl/α,β-unsaturated/α-hetero) is 2. The van der Waals surface area contributed by atoms with Gasteiger partial charge in [0, 0.05) is 135 Å². The Labute approximate surface area is 797 Å². The Kier molecular flexibility index (Phi) is 41.4. The molecule has 43 heteroatoms. The number of primary amides is 2. The van der Waals surface area contributed by atoms with E-state index in [-0.39, 0.29) is 83.2 Å². The number of nitrogens with zero attached hydrogens (tertiary/aromatic N) is 6. The molecule has 2 saturated heterocycles. The molecule has 2 aliphatic rings. The summed E-state index contributed by atoms with van der Waals surface area (Å²) >= 11 is 14.0. The molecule has 40 nitrogen and oxygen atoms in total. The SMILES string of the molecule is CCCC[C@H]1C(=O)N(C)[C@@H](CCCC)C(=O)N[C@@H](CCCNC(=N)N)C(=O)N[C@H](C(=O)NCC(N)=O)CSCC(=O)N[C@@H](Cc2ccccc2)C(=O)N(C)[C@@H](C)C(=O)N[C@@H](CC(N)=O)C(=O)N2CCC[C@H]2C(=O)N[C@@H](Cc2cnc[nH]2)C(=O)N[C@@H](CC(C)C)C(=O)N(C)CC(=O)C[C@@H](Cc2c[nH]c3ccc(Cl)cc23)C(=O)N[C@@H](CO)C(=O)C[C@@H](C(C)c2c[nH]c3ccc(Cl)cc23)C(=O)N1C. The molecule has 6 aromatic rings. The normalized spacial score (nSPS) is 23.6. The molecule has 135 heavy (non-hydrogen) atoms. The third kappa shape index (κ3) is 31.0. The van der Waals surface area contributed by atoms with Crippen LogP contribution in [0.25, 0.3) is 21.8 Å². The first-order valence-electron chi connectivity index (χ1n) is 45.3. The highest BCUT2D eigenvalue weighted by Gasteiger charge is 2.45. The van der Waals surface area contributed by atoms with Crippen molar-refractivity contribution < 1.29 is 86.6 Å². The average Bonchev–Trinajstić information content (AvgIpc) is 1.71. The molecule has 0 aliphatic carbocycles. The van der Waals surface area contributed by atoms with Gasteiger partial charge in [0.2, 0.25) is 88.6 Å². The number of hydrogen-bond donors (Lipinski definition) is 17. The molecular formula is C92H128Cl2N22O18S. The number of guanidine groups is 1. The Balaban J connectivity index is 1.20. The number of rotatable bonds is 26. The van der Waals surface area contributed by atoms with Crippen molar-refractivity contribution >= 4 is 163 Å². The van der Waals surface area contributed by atoms with E-state index in [0.717, 1.165) is 26.5 Å². The van der Waals surface area contributed by atoms with Gasteiger partial charge in [0.05, 0.1) is 44.1 Å². The van der Waals surface area contributed by atoms with Crippen molar-refractivity contribution in [2.75, 3.05) is 72.5 Å². The van der Waals surface area contributed by atoms with Crippen molar-refractivity contribution in [2.24, 2.45) is 35.0 Å². The number of imidazole rings is 1. The van der Waals surface area contributed by atoms with Gasteiger partial charge in [0.1, 0.15) is 66.5 Å². The number of amides is 15. The number of carbonyl (C=O) groups excluding carboxylic acids is 17. The van der Waals surface area contributed by atoms with Crippen LogP contribution in [0.2, 0.25) is 10.0 Å². The highest BCUT2D eigenvalue weighted by atomic mass is 35.5. The van der Waals surface area contributed by atoms with Gasteiger partial charge in [0.25, 0.3) is 0 Å². The van der Waals surface area contributed by atoms with Crippen LogP contribution in [0.1, 0.15) is 160 Å². The summed E-state index contributed by atoms with van der Waals surface area (Å²) in [6.45, 7) is 7.77. The number of ketones is 2. The number of H-pyrrole nitrogens is 3. The lowest BCUT2D eigenvalue weighted by molar-refractivity contribution is -0.150. The second-order valence-electron chi connectivity index (χ2n) is 35.0. The van der Waals surface area contributed by atoms with Crippen LogP contribution in [0.15, 0.2) is 91.6 Å². The first kappa shape index (κ1) is 108. The number of thioether (sulfide) groups is 1. The van der Waals surface area contributed by atoms with Crippen LogP contribution in [0.4, 0.5) is 0 Å². The minimum absolute atomic E-state index is 0.00213. The predicted octanol–water partition coefficient (Wildman–Crippen LogP) is 1.91. The molecule has 2 fully saturated rings. The zero-order valence-corrected chi connectivity index (χ0v) is 80.1. The highest BCUT2D eigenvalue weighted by molar-refractivity contribution is 8.00.